The Morgan fingerprint density at radius 1 is 1.20 bits per heavy atom. The minimum absolute atomic E-state index is 0.852. The minimum atomic E-state index is 0.852. The lowest BCUT2D eigenvalue weighted by atomic mass is 10.1. The Bertz CT molecular complexity index is 575. The molecule has 0 aromatic carbocycles. The molecule has 0 spiro atoms. The Labute approximate surface area is 121 Å². The average molecular weight is 272 g/mol. The van der Waals surface area contributed by atoms with Crippen LogP contribution in [0, 0.1) is 20.8 Å². The van der Waals surface area contributed by atoms with Crippen LogP contribution in [0.15, 0.2) is 12.1 Å². The Kier molecular flexibility index (Phi) is 4.55. The zero-order valence-corrected chi connectivity index (χ0v) is 13.1. The summed E-state index contributed by atoms with van der Waals surface area (Å²) in [5, 5.41) is 7.82. The second kappa shape index (κ2) is 6.18. The molecule has 0 unspecified atom stereocenters. The van der Waals surface area contributed by atoms with Crippen LogP contribution in [0.25, 0.3) is 5.82 Å². The summed E-state index contributed by atoms with van der Waals surface area (Å²) in [6.07, 6.45) is 2.11. The van der Waals surface area contributed by atoms with Crippen LogP contribution >= 0.6 is 0 Å². The first-order valence-electron chi connectivity index (χ1n) is 7.24. The molecular weight excluding hydrogens is 248 g/mol. The molecule has 2 aromatic rings. The number of hydrogen-bond acceptors (Lipinski definition) is 3. The van der Waals surface area contributed by atoms with Gasteiger partial charge in [0.2, 0.25) is 0 Å². The predicted molar refractivity (Wildman–Crippen MR) is 82.3 cm³/mol. The number of pyridine rings is 1. The Morgan fingerprint density at radius 3 is 2.50 bits per heavy atom. The molecular formula is C16H24N4. The summed E-state index contributed by atoms with van der Waals surface area (Å²) >= 11 is 0. The van der Waals surface area contributed by atoms with Crippen molar-refractivity contribution in [3.8, 4) is 5.82 Å². The molecule has 0 radical (unpaired) electrons. The van der Waals surface area contributed by atoms with Gasteiger partial charge in [0.05, 0.1) is 5.69 Å². The van der Waals surface area contributed by atoms with E-state index in [0.717, 1.165) is 36.6 Å². The summed E-state index contributed by atoms with van der Waals surface area (Å²) in [4.78, 5) is 4.76. The van der Waals surface area contributed by atoms with Crippen LogP contribution < -0.4 is 5.32 Å². The highest BCUT2D eigenvalue weighted by Gasteiger charge is 2.11. The highest BCUT2D eigenvalue weighted by Crippen LogP contribution is 2.17. The normalized spacial score (nSPS) is 11.1. The molecule has 1 N–H and O–H groups in total. The summed E-state index contributed by atoms with van der Waals surface area (Å²) in [5.74, 6) is 0.926. The summed E-state index contributed by atoms with van der Waals surface area (Å²) in [5.41, 5.74) is 5.87. The molecule has 20 heavy (non-hydrogen) atoms. The van der Waals surface area contributed by atoms with Gasteiger partial charge < -0.3 is 5.32 Å². The monoisotopic (exact) mass is 272 g/mol. The van der Waals surface area contributed by atoms with Gasteiger partial charge in [0.1, 0.15) is 0 Å². The van der Waals surface area contributed by atoms with Crippen LogP contribution in [-0.2, 0) is 13.0 Å². The molecule has 0 saturated heterocycles. The first kappa shape index (κ1) is 14.7. The molecule has 0 aliphatic heterocycles. The molecule has 2 heterocycles. The molecule has 0 aliphatic rings. The lowest BCUT2D eigenvalue weighted by Gasteiger charge is -2.10. The zero-order valence-electron chi connectivity index (χ0n) is 13.1. The van der Waals surface area contributed by atoms with Crippen LogP contribution in [0.1, 0.15) is 41.6 Å². The van der Waals surface area contributed by atoms with Crippen molar-refractivity contribution in [2.75, 3.05) is 7.05 Å². The van der Waals surface area contributed by atoms with E-state index in [1.807, 2.05) is 18.7 Å². The van der Waals surface area contributed by atoms with Crippen LogP contribution in [0.3, 0.4) is 0 Å². The molecule has 0 fully saturated rings. The van der Waals surface area contributed by atoms with Crippen molar-refractivity contribution in [2.24, 2.45) is 0 Å². The third-order valence-electron chi connectivity index (χ3n) is 3.68. The lowest BCUT2D eigenvalue weighted by molar-refractivity contribution is 0.766. The second-order valence-corrected chi connectivity index (χ2v) is 5.31. The maximum absolute atomic E-state index is 4.76. The smallest absolute Gasteiger partial charge is 0.154 e. The highest BCUT2D eigenvalue weighted by molar-refractivity contribution is 5.35. The fraction of sp³-hybridized carbons (Fsp3) is 0.500. The van der Waals surface area contributed by atoms with E-state index in [1.165, 1.54) is 16.8 Å². The van der Waals surface area contributed by atoms with Gasteiger partial charge in [-0.05, 0) is 57.5 Å². The lowest BCUT2D eigenvalue weighted by Crippen LogP contribution is -2.10. The molecule has 0 aliphatic carbocycles. The number of nitrogens with one attached hydrogen (secondary N) is 1. The van der Waals surface area contributed by atoms with Gasteiger partial charge in [0, 0.05) is 17.9 Å². The van der Waals surface area contributed by atoms with Gasteiger partial charge in [-0.1, -0.05) is 13.3 Å². The molecule has 2 rings (SSSR count). The first-order chi connectivity index (χ1) is 9.56. The van der Waals surface area contributed by atoms with Crippen LogP contribution in [0.2, 0.25) is 0 Å². The molecule has 4 nitrogen and oxygen atoms in total. The maximum atomic E-state index is 4.76. The predicted octanol–water partition coefficient (Wildman–Crippen LogP) is 2.86. The molecule has 2 aromatic heterocycles. The SMILES string of the molecule is CCCc1cc(CNC)cc(-n2nc(C)c(C)c2C)n1. The summed E-state index contributed by atoms with van der Waals surface area (Å²) in [6.45, 7) is 9.28. The van der Waals surface area contributed by atoms with Crippen LogP contribution in [0.4, 0.5) is 0 Å². The van der Waals surface area contributed by atoms with Gasteiger partial charge in [-0.15, -0.1) is 0 Å². The van der Waals surface area contributed by atoms with Gasteiger partial charge in [0.25, 0.3) is 0 Å². The van der Waals surface area contributed by atoms with Crippen molar-refractivity contribution in [3.05, 3.63) is 40.3 Å². The first-order valence-corrected chi connectivity index (χ1v) is 7.24. The topological polar surface area (TPSA) is 42.7 Å². The Morgan fingerprint density at radius 2 is 1.95 bits per heavy atom. The van der Waals surface area contributed by atoms with E-state index in [2.05, 4.69) is 43.3 Å². The van der Waals surface area contributed by atoms with Gasteiger partial charge in [0.15, 0.2) is 5.82 Å². The average Bonchev–Trinajstić information content (AvgIpc) is 2.67. The van der Waals surface area contributed by atoms with Gasteiger partial charge in [-0.2, -0.15) is 5.10 Å². The minimum Gasteiger partial charge on any atom is -0.316 e. The van der Waals surface area contributed by atoms with Crippen molar-refractivity contribution < 1.29 is 0 Å². The summed E-state index contributed by atoms with van der Waals surface area (Å²) in [7, 11) is 1.97. The van der Waals surface area contributed by atoms with Gasteiger partial charge in [-0.25, -0.2) is 9.67 Å². The van der Waals surface area contributed by atoms with Gasteiger partial charge >= 0.3 is 0 Å². The number of rotatable bonds is 5. The van der Waals surface area contributed by atoms with E-state index in [-0.39, 0.29) is 0 Å². The van der Waals surface area contributed by atoms with E-state index in [9.17, 15) is 0 Å². The van der Waals surface area contributed by atoms with Crippen molar-refractivity contribution in [1.29, 1.82) is 0 Å². The summed E-state index contributed by atoms with van der Waals surface area (Å²) < 4.78 is 1.96. The molecule has 108 valence electrons. The molecule has 0 atom stereocenters. The molecule has 0 bridgehead atoms. The van der Waals surface area contributed by atoms with Crippen LogP contribution in [-0.4, -0.2) is 21.8 Å². The summed E-state index contributed by atoms with van der Waals surface area (Å²) in [6, 6.07) is 4.30. The largest absolute Gasteiger partial charge is 0.316 e. The van der Waals surface area contributed by atoms with E-state index >= 15 is 0 Å². The standard InChI is InChI=1S/C16H24N4/c1-6-7-15-8-14(10-17-5)9-16(18-15)20-13(4)11(2)12(3)19-20/h8-9,17H,6-7,10H2,1-5H3. The van der Waals surface area contributed by atoms with E-state index < -0.39 is 0 Å². The molecule has 4 heteroatoms. The van der Waals surface area contributed by atoms with E-state index in [4.69, 9.17) is 4.98 Å². The van der Waals surface area contributed by atoms with E-state index in [1.54, 1.807) is 0 Å². The van der Waals surface area contributed by atoms with Crippen molar-refractivity contribution in [1.82, 2.24) is 20.1 Å². The fourth-order valence-corrected chi connectivity index (χ4v) is 2.38. The van der Waals surface area contributed by atoms with Crippen molar-refractivity contribution in [3.63, 3.8) is 0 Å². The zero-order chi connectivity index (χ0) is 14.7. The maximum Gasteiger partial charge on any atom is 0.154 e. The number of aromatic nitrogens is 3. The third-order valence-corrected chi connectivity index (χ3v) is 3.68. The van der Waals surface area contributed by atoms with Gasteiger partial charge in [-0.3, -0.25) is 0 Å². The van der Waals surface area contributed by atoms with Crippen molar-refractivity contribution in [2.45, 2.75) is 47.1 Å². The second-order valence-electron chi connectivity index (χ2n) is 5.31. The molecule has 0 amide bonds. The number of nitrogens with zero attached hydrogens (tertiary/aromatic N) is 3. The van der Waals surface area contributed by atoms with Crippen molar-refractivity contribution >= 4 is 0 Å². The highest BCUT2D eigenvalue weighted by atomic mass is 15.3. The number of hydrogen-bond donors (Lipinski definition) is 1. The quantitative estimate of drug-likeness (QED) is 0.910. The Balaban J connectivity index is 2.51. The van der Waals surface area contributed by atoms with E-state index in [0.29, 0.717) is 0 Å². The Hall–Kier alpha value is -1.68. The van der Waals surface area contributed by atoms with Crippen LogP contribution in [0.5, 0.6) is 0 Å². The fourth-order valence-electron chi connectivity index (χ4n) is 2.38. The third kappa shape index (κ3) is 2.90. The molecule has 0 saturated carbocycles. The number of aryl methyl sites for hydroxylation is 2.